The van der Waals surface area contributed by atoms with E-state index < -0.39 is 0 Å². The lowest BCUT2D eigenvalue weighted by atomic mass is 9.90. The Labute approximate surface area is 154 Å². The number of oxazole rings is 1. The van der Waals surface area contributed by atoms with Gasteiger partial charge in [-0.25, -0.2) is 4.98 Å². The van der Waals surface area contributed by atoms with Crippen LogP contribution in [0.15, 0.2) is 41.0 Å². The SMILES string of the molecule is O=C(c1coc(C2CCCNC2)n1)N1CCC(Cc2ccccc2)CC1. The van der Waals surface area contributed by atoms with Gasteiger partial charge in [-0.15, -0.1) is 0 Å². The highest BCUT2D eigenvalue weighted by Gasteiger charge is 2.27. The molecule has 3 heterocycles. The third-order valence-corrected chi connectivity index (χ3v) is 5.66. The van der Waals surface area contributed by atoms with Crippen molar-refractivity contribution in [3.8, 4) is 0 Å². The van der Waals surface area contributed by atoms with Crippen molar-refractivity contribution < 1.29 is 9.21 Å². The number of carbonyl (C=O) groups is 1. The van der Waals surface area contributed by atoms with Crippen molar-refractivity contribution in [3.63, 3.8) is 0 Å². The van der Waals surface area contributed by atoms with Gasteiger partial charge in [-0.2, -0.15) is 0 Å². The zero-order chi connectivity index (χ0) is 17.8. The van der Waals surface area contributed by atoms with Crippen LogP contribution in [0.25, 0.3) is 0 Å². The van der Waals surface area contributed by atoms with E-state index in [1.807, 2.05) is 4.90 Å². The summed E-state index contributed by atoms with van der Waals surface area (Å²) in [4.78, 5) is 19.2. The molecule has 0 spiro atoms. The molecule has 0 radical (unpaired) electrons. The summed E-state index contributed by atoms with van der Waals surface area (Å²) in [6.45, 7) is 3.56. The van der Waals surface area contributed by atoms with Crippen LogP contribution >= 0.6 is 0 Å². The van der Waals surface area contributed by atoms with Crippen LogP contribution in [0.5, 0.6) is 0 Å². The molecule has 1 aromatic carbocycles. The summed E-state index contributed by atoms with van der Waals surface area (Å²) in [7, 11) is 0. The summed E-state index contributed by atoms with van der Waals surface area (Å²) in [6.07, 6.45) is 6.96. The third-order valence-electron chi connectivity index (χ3n) is 5.66. The van der Waals surface area contributed by atoms with Gasteiger partial charge in [0.1, 0.15) is 6.26 Å². The van der Waals surface area contributed by atoms with Crippen molar-refractivity contribution in [2.45, 2.75) is 38.0 Å². The van der Waals surface area contributed by atoms with Gasteiger partial charge in [0.05, 0.1) is 0 Å². The van der Waals surface area contributed by atoms with E-state index in [0.29, 0.717) is 23.4 Å². The van der Waals surface area contributed by atoms with Crippen LogP contribution in [0.4, 0.5) is 0 Å². The number of benzene rings is 1. The lowest BCUT2D eigenvalue weighted by molar-refractivity contribution is 0.0684. The zero-order valence-electron chi connectivity index (χ0n) is 15.2. The van der Waals surface area contributed by atoms with E-state index in [1.165, 1.54) is 5.56 Å². The summed E-state index contributed by atoms with van der Waals surface area (Å²) in [5.74, 6) is 1.67. The summed E-state index contributed by atoms with van der Waals surface area (Å²) >= 11 is 0. The molecular formula is C21H27N3O2. The van der Waals surface area contributed by atoms with Crippen molar-refractivity contribution in [1.29, 1.82) is 0 Å². The first-order valence-electron chi connectivity index (χ1n) is 9.79. The fourth-order valence-electron chi connectivity index (χ4n) is 4.09. The average Bonchev–Trinajstić information content (AvgIpc) is 3.20. The largest absolute Gasteiger partial charge is 0.448 e. The van der Waals surface area contributed by atoms with E-state index in [1.54, 1.807) is 6.26 Å². The maximum atomic E-state index is 12.7. The van der Waals surface area contributed by atoms with Gasteiger partial charge < -0.3 is 14.6 Å². The number of rotatable bonds is 4. The van der Waals surface area contributed by atoms with Crippen LogP contribution < -0.4 is 5.32 Å². The van der Waals surface area contributed by atoms with E-state index in [4.69, 9.17) is 4.42 Å². The predicted molar refractivity (Wildman–Crippen MR) is 100 cm³/mol. The number of hydrogen-bond acceptors (Lipinski definition) is 4. The van der Waals surface area contributed by atoms with Crippen LogP contribution in [-0.4, -0.2) is 42.0 Å². The van der Waals surface area contributed by atoms with Crippen LogP contribution in [-0.2, 0) is 6.42 Å². The maximum Gasteiger partial charge on any atom is 0.275 e. The van der Waals surface area contributed by atoms with Gasteiger partial charge in [-0.1, -0.05) is 30.3 Å². The summed E-state index contributed by atoms with van der Waals surface area (Å²) < 4.78 is 5.62. The van der Waals surface area contributed by atoms with Gasteiger partial charge in [0.2, 0.25) is 0 Å². The van der Waals surface area contributed by atoms with E-state index >= 15 is 0 Å². The second-order valence-electron chi connectivity index (χ2n) is 7.54. The Kier molecular flexibility index (Phi) is 5.34. The minimum Gasteiger partial charge on any atom is -0.448 e. The van der Waals surface area contributed by atoms with E-state index in [-0.39, 0.29) is 5.91 Å². The first kappa shape index (κ1) is 17.3. The fourth-order valence-corrected chi connectivity index (χ4v) is 4.09. The fraction of sp³-hybridized carbons (Fsp3) is 0.524. The van der Waals surface area contributed by atoms with Crippen molar-refractivity contribution in [2.75, 3.05) is 26.2 Å². The standard InChI is InChI=1S/C21H27N3O2/c25-21(19-15-26-20(23-19)18-7-4-10-22-14-18)24-11-8-17(9-12-24)13-16-5-2-1-3-6-16/h1-3,5-6,15,17-18,22H,4,7-14H2. The second-order valence-corrected chi connectivity index (χ2v) is 7.54. The van der Waals surface area contributed by atoms with E-state index in [9.17, 15) is 4.79 Å². The van der Waals surface area contributed by atoms with Gasteiger partial charge >= 0.3 is 0 Å². The summed E-state index contributed by atoms with van der Waals surface area (Å²) in [5.41, 5.74) is 1.85. The third kappa shape index (κ3) is 3.98. The minimum atomic E-state index is 0.0157. The lowest BCUT2D eigenvalue weighted by Crippen LogP contribution is -2.39. The second kappa shape index (κ2) is 8.04. The molecule has 5 heteroatoms. The molecule has 2 fully saturated rings. The number of piperidine rings is 2. The van der Waals surface area contributed by atoms with Gasteiger partial charge in [-0.05, 0) is 50.1 Å². The van der Waals surface area contributed by atoms with Crippen LogP contribution in [0, 0.1) is 5.92 Å². The number of likely N-dealkylation sites (tertiary alicyclic amines) is 1. The smallest absolute Gasteiger partial charge is 0.275 e. The quantitative estimate of drug-likeness (QED) is 0.917. The topological polar surface area (TPSA) is 58.4 Å². The highest BCUT2D eigenvalue weighted by molar-refractivity contribution is 5.92. The van der Waals surface area contributed by atoms with Crippen molar-refractivity contribution in [2.24, 2.45) is 5.92 Å². The predicted octanol–water partition coefficient (Wildman–Crippen LogP) is 3.24. The number of nitrogens with one attached hydrogen (secondary N) is 1. The minimum absolute atomic E-state index is 0.0157. The van der Waals surface area contributed by atoms with Crippen LogP contribution in [0.1, 0.15) is 53.5 Å². The number of hydrogen-bond donors (Lipinski definition) is 1. The zero-order valence-corrected chi connectivity index (χ0v) is 15.2. The first-order chi connectivity index (χ1) is 12.8. The molecule has 2 saturated heterocycles. The molecule has 1 amide bonds. The molecular weight excluding hydrogens is 326 g/mol. The average molecular weight is 353 g/mol. The monoisotopic (exact) mass is 353 g/mol. The van der Waals surface area contributed by atoms with Gasteiger partial charge in [-0.3, -0.25) is 4.79 Å². The molecule has 0 saturated carbocycles. The number of nitrogens with zero attached hydrogens (tertiary/aromatic N) is 2. The molecule has 1 unspecified atom stereocenters. The molecule has 1 aromatic heterocycles. The highest BCUT2D eigenvalue weighted by Crippen LogP contribution is 2.25. The van der Waals surface area contributed by atoms with Crippen molar-refractivity contribution >= 4 is 5.91 Å². The number of carbonyl (C=O) groups excluding carboxylic acids is 1. The van der Waals surface area contributed by atoms with Gasteiger partial charge in [0.15, 0.2) is 11.6 Å². The molecule has 1 N–H and O–H groups in total. The molecule has 1 atom stereocenters. The Morgan fingerprint density at radius 3 is 2.73 bits per heavy atom. The molecule has 138 valence electrons. The van der Waals surface area contributed by atoms with Crippen molar-refractivity contribution in [1.82, 2.24) is 15.2 Å². The number of aromatic nitrogens is 1. The molecule has 2 aliphatic rings. The Hall–Kier alpha value is -2.14. The van der Waals surface area contributed by atoms with E-state index in [0.717, 1.165) is 58.3 Å². The molecule has 5 nitrogen and oxygen atoms in total. The van der Waals surface area contributed by atoms with Gasteiger partial charge in [0, 0.05) is 25.6 Å². The molecule has 26 heavy (non-hydrogen) atoms. The maximum absolute atomic E-state index is 12.7. The van der Waals surface area contributed by atoms with Crippen LogP contribution in [0.2, 0.25) is 0 Å². The highest BCUT2D eigenvalue weighted by atomic mass is 16.3. The lowest BCUT2D eigenvalue weighted by Gasteiger charge is -2.31. The molecule has 2 aliphatic heterocycles. The molecule has 0 aliphatic carbocycles. The van der Waals surface area contributed by atoms with Crippen molar-refractivity contribution in [3.05, 3.63) is 53.7 Å². The summed E-state index contributed by atoms with van der Waals surface area (Å²) in [6, 6.07) is 10.6. The normalized spacial score (nSPS) is 21.7. The number of amides is 1. The van der Waals surface area contributed by atoms with Gasteiger partial charge in [0.25, 0.3) is 5.91 Å². The Bertz CT molecular complexity index is 714. The molecule has 2 aromatic rings. The Morgan fingerprint density at radius 2 is 2.00 bits per heavy atom. The molecule has 4 rings (SSSR count). The Morgan fingerprint density at radius 1 is 1.19 bits per heavy atom. The Balaban J connectivity index is 1.31. The van der Waals surface area contributed by atoms with E-state index in [2.05, 4.69) is 40.6 Å². The van der Waals surface area contributed by atoms with Crippen LogP contribution in [0.3, 0.4) is 0 Å². The first-order valence-corrected chi connectivity index (χ1v) is 9.79. The summed E-state index contributed by atoms with van der Waals surface area (Å²) in [5, 5.41) is 3.36. The molecule has 0 bridgehead atoms.